The van der Waals surface area contributed by atoms with Crippen LogP contribution >= 0.6 is 0 Å². The number of carbonyl (C=O) groups excluding carboxylic acids is 2. The molecular weight excluding hydrogens is 244 g/mol. The quantitative estimate of drug-likeness (QED) is 0.381. The van der Waals surface area contributed by atoms with Crippen molar-refractivity contribution in [3.8, 4) is 0 Å². The fourth-order valence-corrected chi connectivity index (χ4v) is 1.37. The normalized spacial score (nSPS) is 10.9. The Hall–Kier alpha value is -1.78. The van der Waals surface area contributed by atoms with Crippen molar-refractivity contribution in [2.24, 2.45) is 0 Å². The summed E-state index contributed by atoms with van der Waals surface area (Å²) in [5.74, 6) is -1.30. The van der Waals surface area contributed by atoms with Crippen molar-refractivity contribution in [2.75, 3.05) is 26.2 Å². The summed E-state index contributed by atoms with van der Waals surface area (Å²) in [5.41, 5.74) is 0. The maximum atomic E-state index is 11.4. The van der Waals surface area contributed by atoms with Crippen molar-refractivity contribution in [2.45, 2.75) is 27.7 Å². The number of hydrogen-bond donors (Lipinski definition) is 0. The molecule has 0 fully saturated rings. The molecule has 0 aliphatic carbocycles. The van der Waals surface area contributed by atoms with Crippen LogP contribution in [0.1, 0.15) is 27.7 Å². The van der Waals surface area contributed by atoms with Crippen LogP contribution in [0.15, 0.2) is 24.6 Å². The van der Waals surface area contributed by atoms with Crippen LogP contribution in [0.3, 0.4) is 0 Å². The lowest BCUT2D eigenvalue weighted by Crippen LogP contribution is -2.18. The molecule has 0 spiro atoms. The van der Waals surface area contributed by atoms with Crippen molar-refractivity contribution >= 4 is 11.9 Å². The highest BCUT2D eigenvalue weighted by atomic mass is 16.6. The first kappa shape index (κ1) is 17.2. The lowest BCUT2D eigenvalue weighted by Gasteiger charge is -2.14. The fraction of sp³-hybridized carbons (Fsp3) is 0.571. The van der Waals surface area contributed by atoms with E-state index in [-0.39, 0.29) is 0 Å². The van der Waals surface area contributed by atoms with E-state index in [4.69, 9.17) is 0 Å². The number of nitrogens with zero attached hydrogens (tertiary/aromatic N) is 2. The van der Waals surface area contributed by atoms with Crippen molar-refractivity contribution in [3.05, 3.63) is 24.6 Å². The Morgan fingerprint density at radius 2 is 1.11 bits per heavy atom. The van der Waals surface area contributed by atoms with E-state index < -0.39 is 11.9 Å². The van der Waals surface area contributed by atoms with Gasteiger partial charge in [0.05, 0.1) is 0 Å². The minimum Gasteiger partial charge on any atom is -0.387 e. The van der Waals surface area contributed by atoms with Gasteiger partial charge in [0.1, 0.15) is 0 Å². The molecule has 5 nitrogen and oxygen atoms in total. The number of esters is 2. The van der Waals surface area contributed by atoms with Gasteiger partial charge >= 0.3 is 11.9 Å². The molecule has 0 aliphatic rings. The van der Waals surface area contributed by atoms with Gasteiger partial charge < -0.3 is 14.5 Å². The Balaban J connectivity index is 4.23. The molecule has 0 radical (unpaired) electrons. The average molecular weight is 268 g/mol. The third-order valence-electron chi connectivity index (χ3n) is 2.67. The molecule has 0 aromatic rings. The first-order valence-corrected chi connectivity index (χ1v) is 6.67. The SMILES string of the molecule is CCN(C=CC(=O)OC(=O)C=CN(CC)CC)CC. The smallest absolute Gasteiger partial charge is 0.340 e. The average Bonchev–Trinajstić information content (AvgIpc) is 2.41. The summed E-state index contributed by atoms with van der Waals surface area (Å²) in [4.78, 5) is 26.6. The molecule has 0 atom stereocenters. The fourth-order valence-electron chi connectivity index (χ4n) is 1.37. The molecular formula is C14H24N2O3. The zero-order valence-corrected chi connectivity index (χ0v) is 12.3. The number of rotatable bonds is 8. The summed E-state index contributed by atoms with van der Waals surface area (Å²) >= 11 is 0. The summed E-state index contributed by atoms with van der Waals surface area (Å²) < 4.78 is 4.62. The molecule has 5 heteroatoms. The molecule has 0 N–H and O–H groups in total. The molecule has 0 aliphatic heterocycles. The number of hydrogen-bond acceptors (Lipinski definition) is 5. The van der Waals surface area contributed by atoms with Crippen molar-refractivity contribution in [1.29, 1.82) is 0 Å². The Morgan fingerprint density at radius 1 is 0.789 bits per heavy atom. The molecule has 0 bridgehead atoms. The van der Waals surface area contributed by atoms with E-state index in [9.17, 15) is 9.59 Å². The first-order valence-electron chi connectivity index (χ1n) is 6.67. The standard InChI is InChI=1S/C14H24N2O3/c1-5-15(6-2)11-9-13(17)19-14(18)10-12-16(7-3)8-4/h9-12H,5-8H2,1-4H3. The Morgan fingerprint density at radius 3 is 1.37 bits per heavy atom. The van der Waals surface area contributed by atoms with Crippen LogP contribution in [-0.4, -0.2) is 47.9 Å². The van der Waals surface area contributed by atoms with Crippen molar-refractivity contribution in [1.82, 2.24) is 9.80 Å². The van der Waals surface area contributed by atoms with Gasteiger partial charge in [-0.25, -0.2) is 9.59 Å². The van der Waals surface area contributed by atoms with E-state index >= 15 is 0 Å². The molecule has 0 unspecified atom stereocenters. The second-order valence-corrected chi connectivity index (χ2v) is 3.81. The largest absolute Gasteiger partial charge is 0.387 e. The van der Waals surface area contributed by atoms with Gasteiger partial charge in [0.15, 0.2) is 0 Å². The van der Waals surface area contributed by atoms with Gasteiger partial charge in [0, 0.05) is 50.7 Å². The van der Waals surface area contributed by atoms with Crippen LogP contribution < -0.4 is 0 Å². The van der Waals surface area contributed by atoms with Crippen LogP contribution in [-0.2, 0) is 14.3 Å². The van der Waals surface area contributed by atoms with Crippen LogP contribution in [0, 0.1) is 0 Å². The molecule has 0 heterocycles. The second kappa shape index (κ2) is 10.2. The van der Waals surface area contributed by atoms with E-state index in [0.717, 1.165) is 26.2 Å². The van der Waals surface area contributed by atoms with Gasteiger partial charge in [-0.05, 0) is 27.7 Å². The van der Waals surface area contributed by atoms with Crippen LogP contribution in [0.5, 0.6) is 0 Å². The highest BCUT2D eigenvalue weighted by molar-refractivity contribution is 5.96. The van der Waals surface area contributed by atoms with Gasteiger partial charge in [-0.15, -0.1) is 0 Å². The third kappa shape index (κ3) is 8.02. The molecule has 0 rings (SSSR count). The van der Waals surface area contributed by atoms with Gasteiger partial charge in [-0.3, -0.25) is 0 Å². The summed E-state index contributed by atoms with van der Waals surface area (Å²) in [6, 6.07) is 0. The molecule has 0 saturated carbocycles. The highest BCUT2D eigenvalue weighted by Gasteiger charge is 2.04. The number of ether oxygens (including phenoxy) is 1. The lowest BCUT2D eigenvalue weighted by atomic mass is 10.5. The minimum absolute atomic E-state index is 0.652. The highest BCUT2D eigenvalue weighted by Crippen LogP contribution is 1.93. The topological polar surface area (TPSA) is 49.9 Å². The lowest BCUT2D eigenvalue weighted by molar-refractivity contribution is -0.152. The molecule has 108 valence electrons. The van der Waals surface area contributed by atoms with Gasteiger partial charge in [-0.1, -0.05) is 0 Å². The summed E-state index contributed by atoms with van der Waals surface area (Å²) in [6.45, 7) is 11.1. The zero-order chi connectivity index (χ0) is 14.7. The van der Waals surface area contributed by atoms with E-state index in [1.54, 1.807) is 12.4 Å². The predicted octanol–water partition coefficient (Wildman–Crippen LogP) is 1.77. The van der Waals surface area contributed by atoms with E-state index in [0.29, 0.717) is 0 Å². The zero-order valence-electron chi connectivity index (χ0n) is 12.3. The van der Waals surface area contributed by atoms with Crippen molar-refractivity contribution in [3.63, 3.8) is 0 Å². The molecule has 0 saturated heterocycles. The third-order valence-corrected chi connectivity index (χ3v) is 2.67. The maximum Gasteiger partial charge on any atom is 0.340 e. The van der Waals surface area contributed by atoms with Crippen LogP contribution in [0.2, 0.25) is 0 Å². The maximum absolute atomic E-state index is 11.4. The van der Waals surface area contributed by atoms with E-state index in [1.807, 2.05) is 37.5 Å². The minimum atomic E-state index is -0.652. The van der Waals surface area contributed by atoms with E-state index in [2.05, 4.69) is 4.74 Å². The summed E-state index contributed by atoms with van der Waals surface area (Å²) in [7, 11) is 0. The van der Waals surface area contributed by atoms with E-state index in [1.165, 1.54) is 12.2 Å². The Labute approximate surface area is 115 Å². The molecule has 0 aromatic heterocycles. The molecule has 0 aromatic carbocycles. The Kier molecular flexibility index (Phi) is 9.22. The van der Waals surface area contributed by atoms with Crippen molar-refractivity contribution < 1.29 is 14.3 Å². The Bertz CT molecular complexity index is 298. The van der Waals surface area contributed by atoms with Crippen LogP contribution in [0.4, 0.5) is 0 Å². The monoisotopic (exact) mass is 268 g/mol. The molecule has 0 amide bonds. The second-order valence-electron chi connectivity index (χ2n) is 3.81. The number of carbonyl (C=O) groups is 2. The van der Waals surface area contributed by atoms with Gasteiger partial charge in [-0.2, -0.15) is 0 Å². The van der Waals surface area contributed by atoms with Crippen LogP contribution in [0.25, 0.3) is 0 Å². The van der Waals surface area contributed by atoms with Gasteiger partial charge in [0.25, 0.3) is 0 Å². The summed E-state index contributed by atoms with van der Waals surface area (Å²) in [6.07, 6.45) is 5.78. The van der Waals surface area contributed by atoms with Gasteiger partial charge in [0.2, 0.25) is 0 Å². The first-order chi connectivity index (χ1) is 9.07. The molecule has 19 heavy (non-hydrogen) atoms. The predicted molar refractivity (Wildman–Crippen MR) is 75.2 cm³/mol. The summed E-state index contributed by atoms with van der Waals surface area (Å²) in [5, 5.41) is 0.